The van der Waals surface area contributed by atoms with Crippen LogP contribution in [0.1, 0.15) is 6.92 Å². The van der Waals surface area contributed by atoms with E-state index < -0.39 is 17.9 Å². The van der Waals surface area contributed by atoms with Crippen LogP contribution in [-0.2, 0) is 14.3 Å². The molecule has 0 radical (unpaired) electrons. The highest BCUT2D eigenvalue weighted by Crippen LogP contribution is 1.93. The van der Waals surface area contributed by atoms with Crippen molar-refractivity contribution in [2.45, 2.75) is 13.0 Å². The zero-order chi connectivity index (χ0) is 11.1. The molecule has 5 nitrogen and oxygen atoms in total. The fraction of sp³-hybridized carbons (Fsp3) is 0.500. The summed E-state index contributed by atoms with van der Waals surface area (Å²) in [5.41, 5.74) is 5.27. The van der Waals surface area contributed by atoms with E-state index in [2.05, 4.69) is 16.6 Å². The van der Waals surface area contributed by atoms with Crippen LogP contribution < -0.4 is 11.1 Å². The lowest BCUT2D eigenvalue weighted by Crippen LogP contribution is -2.47. The molecule has 0 aromatic rings. The molecule has 0 bridgehead atoms. The Morgan fingerprint density at radius 3 is 2.64 bits per heavy atom. The van der Waals surface area contributed by atoms with Gasteiger partial charge in [0, 0.05) is 5.03 Å². The fourth-order valence-corrected chi connectivity index (χ4v) is 0.699. The highest BCUT2D eigenvalue weighted by Gasteiger charge is 2.22. The van der Waals surface area contributed by atoms with Crippen molar-refractivity contribution in [2.75, 3.05) is 13.2 Å². The molecule has 1 amide bonds. The van der Waals surface area contributed by atoms with Crippen LogP contribution in [0.5, 0.6) is 0 Å². The minimum absolute atomic E-state index is 0.0769. The number of hydrogen-bond acceptors (Lipinski definition) is 4. The summed E-state index contributed by atoms with van der Waals surface area (Å²) in [4.78, 5) is 22.1. The average Bonchev–Trinajstić information content (AvgIpc) is 2.13. The molecule has 0 spiro atoms. The molecular formula is C8H13ClN2O3. The van der Waals surface area contributed by atoms with E-state index in [9.17, 15) is 9.59 Å². The first-order valence-corrected chi connectivity index (χ1v) is 4.40. The van der Waals surface area contributed by atoms with Crippen LogP contribution in [0.15, 0.2) is 11.6 Å². The van der Waals surface area contributed by atoms with E-state index in [1.165, 1.54) is 0 Å². The molecule has 1 atom stereocenters. The Morgan fingerprint density at radius 1 is 1.64 bits per heavy atom. The van der Waals surface area contributed by atoms with Crippen LogP contribution in [0.2, 0.25) is 0 Å². The summed E-state index contributed by atoms with van der Waals surface area (Å²) in [6.07, 6.45) is 0. The first-order valence-electron chi connectivity index (χ1n) is 4.02. The molecule has 0 fully saturated rings. The maximum Gasteiger partial charge on any atom is 0.332 e. The third kappa shape index (κ3) is 4.84. The molecule has 0 aromatic carbocycles. The SMILES string of the molecule is C=C(Cl)CNC(=O)C(N)C(=O)OCC. The molecule has 6 heteroatoms. The monoisotopic (exact) mass is 220 g/mol. The number of nitrogens with two attached hydrogens (primary N) is 1. The van der Waals surface area contributed by atoms with E-state index in [1.807, 2.05) is 0 Å². The predicted molar refractivity (Wildman–Crippen MR) is 52.6 cm³/mol. The van der Waals surface area contributed by atoms with Gasteiger partial charge in [0.15, 0.2) is 6.04 Å². The zero-order valence-corrected chi connectivity index (χ0v) is 8.63. The summed E-state index contributed by atoms with van der Waals surface area (Å²) in [6, 6.07) is -1.31. The van der Waals surface area contributed by atoms with Gasteiger partial charge in [-0.25, -0.2) is 4.79 Å². The van der Waals surface area contributed by atoms with Gasteiger partial charge >= 0.3 is 5.97 Å². The van der Waals surface area contributed by atoms with Gasteiger partial charge in [-0.1, -0.05) is 18.2 Å². The van der Waals surface area contributed by atoms with Crippen molar-refractivity contribution in [1.82, 2.24) is 5.32 Å². The summed E-state index contributed by atoms with van der Waals surface area (Å²) in [5.74, 6) is -1.39. The molecule has 0 aliphatic carbocycles. The van der Waals surface area contributed by atoms with Crippen molar-refractivity contribution >= 4 is 23.5 Å². The summed E-state index contributed by atoms with van der Waals surface area (Å²) in [6.45, 7) is 5.25. The summed E-state index contributed by atoms with van der Waals surface area (Å²) >= 11 is 5.40. The lowest BCUT2D eigenvalue weighted by molar-refractivity contribution is -0.147. The number of rotatable bonds is 5. The first-order chi connectivity index (χ1) is 6.49. The molecule has 0 saturated carbocycles. The zero-order valence-electron chi connectivity index (χ0n) is 7.88. The maximum atomic E-state index is 11.1. The first kappa shape index (κ1) is 12.9. The lowest BCUT2D eigenvalue weighted by atomic mass is 10.3. The molecule has 3 N–H and O–H groups in total. The van der Waals surface area contributed by atoms with Crippen molar-refractivity contribution < 1.29 is 14.3 Å². The highest BCUT2D eigenvalue weighted by atomic mass is 35.5. The summed E-state index contributed by atoms with van der Waals surface area (Å²) in [5, 5.41) is 2.58. The third-order valence-corrected chi connectivity index (χ3v) is 1.41. The van der Waals surface area contributed by atoms with Gasteiger partial charge in [0.2, 0.25) is 5.91 Å². The molecule has 0 rings (SSSR count). The predicted octanol–water partition coefficient (Wildman–Crippen LogP) is -0.255. The number of nitrogens with one attached hydrogen (secondary N) is 1. The van der Waals surface area contributed by atoms with Gasteiger partial charge in [0.05, 0.1) is 13.2 Å². The van der Waals surface area contributed by atoms with Gasteiger partial charge in [-0.15, -0.1) is 0 Å². The van der Waals surface area contributed by atoms with Crippen LogP contribution in [0.25, 0.3) is 0 Å². The smallest absolute Gasteiger partial charge is 0.332 e. The van der Waals surface area contributed by atoms with Crippen molar-refractivity contribution in [3.8, 4) is 0 Å². The van der Waals surface area contributed by atoms with Crippen LogP contribution in [0, 0.1) is 0 Å². The van der Waals surface area contributed by atoms with Gasteiger partial charge < -0.3 is 15.8 Å². The number of amides is 1. The van der Waals surface area contributed by atoms with Gasteiger partial charge in [0.1, 0.15) is 0 Å². The van der Waals surface area contributed by atoms with E-state index in [4.69, 9.17) is 17.3 Å². The van der Waals surface area contributed by atoms with Crippen molar-refractivity contribution in [3.63, 3.8) is 0 Å². The van der Waals surface area contributed by atoms with Gasteiger partial charge in [-0.3, -0.25) is 4.79 Å². The average molecular weight is 221 g/mol. The molecule has 14 heavy (non-hydrogen) atoms. The molecule has 0 aromatic heterocycles. The number of esters is 1. The van der Waals surface area contributed by atoms with Gasteiger partial charge in [0.25, 0.3) is 0 Å². The molecule has 0 heterocycles. The minimum atomic E-state index is -1.31. The molecule has 0 saturated heterocycles. The van der Waals surface area contributed by atoms with E-state index >= 15 is 0 Å². The topological polar surface area (TPSA) is 81.4 Å². The van der Waals surface area contributed by atoms with Crippen LogP contribution >= 0.6 is 11.6 Å². The van der Waals surface area contributed by atoms with E-state index in [0.717, 1.165) is 0 Å². The Balaban J connectivity index is 3.98. The fourth-order valence-electron chi connectivity index (χ4n) is 0.632. The summed E-state index contributed by atoms with van der Waals surface area (Å²) in [7, 11) is 0. The van der Waals surface area contributed by atoms with E-state index in [-0.39, 0.29) is 18.2 Å². The Morgan fingerprint density at radius 2 is 2.21 bits per heavy atom. The Kier molecular flexibility index (Phi) is 5.91. The van der Waals surface area contributed by atoms with Gasteiger partial charge in [-0.2, -0.15) is 0 Å². The van der Waals surface area contributed by atoms with E-state index in [1.54, 1.807) is 6.92 Å². The number of halogens is 1. The standard InChI is InChI=1S/C8H13ClN2O3/c1-3-14-8(13)6(10)7(12)11-4-5(2)9/h6H,2-4,10H2,1H3,(H,11,12). The molecule has 80 valence electrons. The molecular weight excluding hydrogens is 208 g/mol. The summed E-state index contributed by atoms with van der Waals surface area (Å²) < 4.78 is 4.55. The van der Waals surface area contributed by atoms with Gasteiger partial charge in [-0.05, 0) is 6.92 Å². The van der Waals surface area contributed by atoms with Crippen molar-refractivity contribution in [2.24, 2.45) is 5.73 Å². The Bertz CT molecular complexity index is 243. The second kappa shape index (κ2) is 6.39. The van der Waals surface area contributed by atoms with Crippen molar-refractivity contribution in [1.29, 1.82) is 0 Å². The van der Waals surface area contributed by atoms with Crippen LogP contribution in [0.4, 0.5) is 0 Å². The maximum absolute atomic E-state index is 11.1. The van der Waals surface area contributed by atoms with Crippen molar-refractivity contribution in [3.05, 3.63) is 11.6 Å². The molecule has 0 aliphatic heterocycles. The second-order valence-electron chi connectivity index (χ2n) is 2.46. The molecule has 0 aliphatic rings. The largest absolute Gasteiger partial charge is 0.464 e. The number of carbonyl (C=O) groups excluding carboxylic acids is 2. The normalized spacial score (nSPS) is 11.6. The van der Waals surface area contributed by atoms with E-state index in [0.29, 0.717) is 0 Å². The minimum Gasteiger partial charge on any atom is -0.464 e. The number of hydrogen-bond donors (Lipinski definition) is 2. The number of carbonyl (C=O) groups is 2. The molecule has 1 unspecified atom stereocenters. The van der Waals surface area contributed by atoms with Crippen LogP contribution in [-0.4, -0.2) is 31.1 Å². The quantitative estimate of drug-likeness (QED) is 0.494. The lowest BCUT2D eigenvalue weighted by Gasteiger charge is -2.10. The second-order valence-corrected chi connectivity index (χ2v) is 3.00. The third-order valence-electron chi connectivity index (χ3n) is 1.28. The number of ether oxygens (including phenoxy) is 1. The Labute approximate surface area is 87.2 Å². The Hall–Kier alpha value is -1.07. The highest BCUT2D eigenvalue weighted by molar-refractivity contribution is 6.29. The van der Waals surface area contributed by atoms with Crippen LogP contribution in [0.3, 0.4) is 0 Å².